The predicted molar refractivity (Wildman–Crippen MR) is 131 cm³/mol. The van der Waals surface area contributed by atoms with Crippen molar-refractivity contribution in [1.29, 1.82) is 0 Å². The summed E-state index contributed by atoms with van der Waals surface area (Å²) in [6, 6.07) is 6.53. The number of nitrogens with zero attached hydrogens (tertiary/aromatic N) is 5. The largest absolute Gasteiger partial charge is 0.398 e. The first-order chi connectivity index (χ1) is 14.9. The van der Waals surface area contributed by atoms with E-state index in [9.17, 15) is 0 Å². The molecule has 0 bridgehead atoms. The summed E-state index contributed by atoms with van der Waals surface area (Å²) >= 11 is 0. The number of hydrogen-bond acceptors (Lipinski definition) is 6. The van der Waals surface area contributed by atoms with Gasteiger partial charge in [0.15, 0.2) is 0 Å². The summed E-state index contributed by atoms with van der Waals surface area (Å²) in [6.45, 7) is 0. The van der Waals surface area contributed by atoms with Crippen molar-refractivity contribution in [2.24, 2.45) is 7.05 Å². The Kier molecular flexibility index (Phi) is 5.00. The average molecular weight is 413 g/mol. The van der Waals surface area contributed by atoms with E-state index in [0.29, 0.717) is 18.1 Å². The van der Waals surface area contributed by atoms with E-state index in [-0.39, 0.29) is 5.30 Å². The van der Waals surface area contributed by atoms with Gasteiger partial charge in [0.25, 0.3) is 0 Å². The van der Waals surface area contributed by atoms with Crippen LogP contribution >= 0.6 is 0 Å². The molecule has 0 amide bonds. The van der Waals surface area contributed by atoms with Crippen molar-refractivity contribution in [3.63, 3.8) is 0 Å². The first-order valence-corrected chi connectivity index (χ1v) is 10.9. The van der Waals surface area contributed by atoms with Crippen LogP contribution in [-0.4, -0.2) is 70.9 Å². The Bertz CT molecular complexity index is 1220. The number of aromatic amines is 1. The minimum absolute atomic E-state index is 0.0812. The van der Waals surface area contributed by atoms with Crippen LogP contribution in [0.1, 0.15) is 25.7 Å². The number of anilines is 1. The standard InChI is InChI=1S/C20H26B3N7O/c1-30-17-8-11(2-7-16(17)28-29-30)14-9-24-18-15(14)10-25-19(27-18)26-12-3-5-13(6-4-12)31-20(21,22)23/h2,7-10,12-13H,3-6,21-23H2,1H3,(H2,24,25,26,27)/t12-,13+. The van der Waals surface area contributed by atoms with Crippen LogP contribution in [-0.2, 0) is 11.8 Å². The van der Waals surface area contributed by atoms with Crippen LogP contribution < -0.4 is 5.32 Å². The summed E-state index contributed by atoms with van der Waals surface area (Å²) in [6.07, 6.45) is 8.50. The van der Waals surface area contributed by atoms with Crippen LogP contribution in [0.15, 0.2) is 30.6 Å². The molecule has 0 saturated heterocycles. The Hall–Kier alpha value is -2.81. The van der Waals surface area contributed by atoms with Crippen LogP contribution in [0.3, 0.4) is 0 Å². The van der Waals surface area contributed by atoms with Gasteiger partial charge in [-0.2, -0.15) is 4.98 Å². The molecule has 5 rings (SSSR count). The number of nitrogens with one attached hydrogen (secondary N) is 2. The molecule has 0 atom stereocenters. The predicted octanol–water partition coefficient (Wildman–Crippen LogP) is 0.157. The first kappa shape index (κ1) is 20.1. The van der Waals surface area contributed by atoms with Crippen molar-refractivity contribution in [2.75, 3.05) is 5.32 Å². The lowest BCUT2D eigenvalue weighted by molar-refractivity contribution is 0.0202. The summed E-state index contributed by atoms with van der Waals surface area (Å²) in [4.78, 5) is 12.6. The van der Waals surface area contributed by atoms with Crippen LogP contribution in [0.2, 0.25) is 0 Å². The van der Waals surface area contributed by atoms with Crippen LogP contribution in [0.5, 0.6) is 0 Å². The summed E-state index contributed by atoms with van der Waals surface area (Å²) in [5.41, 5.74) is 4.88. The average Bonchev–Trinajstić information content (AvgIpc) is 3.31. The highest BCUT2D eigenvalue weighted by atomic mass is 16.5. The molecule has 0 spiro atoms. The van der Waals surface area contributed by atoms with E-state index in [1.165, 1.54) is 0 Å². The zero-order valence-electron chi connectivity index (χ0n) is 18.5. The highest BCUT2D eigenvalue weighted by molar-refractivity contribution is 6.58. The van der Waals surface area contributed by atoms with Crippen LogP contribution in [0.4, 0.5) is 5.95 Å². The van der Waals surface area contributed by atoms with E-state index in [0.717, 1.165) is 58.9 Å². The molecule has 1 aromatic carbocycles. The molecular weight excluding hydrogens is 387 g/mol. The zero-order valence-corrected chi connectivity index (χ0v) is 18.5. The fraction of sp³-hybridized carbons (Fsp3) is 0.400. The molecule has 0 unspecified atom stereocenters. The van der Waals surface area contributed by atoms with Gasteiger partial charge in [0.2, 0.25) is 5.95 Å². The minimum Gasteiger partial charge on any atom is -0.398 e. The van der Waals surface area contributed by atoms with Gasteiger partial charge in [-0.15, -0.1) is 5.10 Å². The van der Waals surface area contributed by atoms with Crippen molar-refractivity contribution in [2.45, 2.75) is 43.1 Å². The molecule has 3 heterocycles. The lowest BCUT2D eigenvalue weighted by atomic mass is 9.52. The molecule has 156 valence electrons. The van der Waals surface area contributed by atoms with E-state index in [4.69, 9.17) is 9.72 Å². The molecule has 4 aromatic rings. The van der Waals surface area contributed by atoms with Gasteiger partial charge in [0.05, 0.1) is 11.6 Å². The van der Waals surface area contributed by atoms with E-state index >= 15 is 0 Å². The second-order valence-corrected chi connectivity index (χ2v) is 9.42. The summed E-state index contributed by atoms with van der Waals surface area (Å²) in [5, 5.41) is 12.7. The SMILES string of the molecule is BC(B)(B)O[C@H]1CC[C@@H](Nc2ncc3c(-c4ccc5nnn(C)c5c4)c[nH]c3n2)CC1. The molecule has 1 aliphatic carbocycles. The van der Waals surface area contributed by atoms with Gasteiger partial charge in [-0.3, -0.25) is 0 Å². The molecule has 3 aromatic heterocycles. The van der Waals surface area contributed by atoms with Gasteiger partial charge in [-0.05, 0) is 48.7 Å². The minimum atomic E-state index is -0.0812. The highest BCUT2D eigenvalue weighted by Gasteiger charge is 2.25. The third kappa shape index (κ3) is 4.19. The van der Waals surface area contributed by atoms with Crippen molar-refractivity contribution < 1.29 is 4.74 Å². The number of aryl methyl sites for hydroxylation is 1. The molecular formula is C20H26B3N7O. The Morgan fingerprint density at radius 1 is 1.19 bits per heavy atom. The number of H-pyrrole nitrogens is 1. The van der Waals surface area contributed by atoms with Gasteiger partial charge < -0.3 is 15.0 Å². The Morgan fingerprint density at radius 3 is 2.77 bits per heavy atom. The number of fused-ring (bicyclic) bond motifs is 2. The highest BCUT2D eigenvalue weighted by Crippen LogP contribution is 2.30. The molecule has 0 aliphatic heterocycles. The van der Waals surface area contributed by atoms with Gasteiger partial charge in [0.1, 0.15) is 34.7 Å². The molecule has 1 aliphatic rings. The van der Waals surface area contributed by atoms with Crippen molar-refractivity contribution >= 4 is 51.6 Å². The third-order valence-corrected chi connectivity index (χ3v) is 5.88. The molecule has 0 radical (unpaired) electrons. The van der Waals surface area contributed by atoms with Gasteiger partial charge >= 0.3 is 0 Å². The Balaban J connectivity index is 1.31. The normalized spacial score (nSPS) is 19.8. The van der Waals surface area contributed by atoms with E-state index in [1.807, 2.05) is 25.5 Å². The van der Waals surface area contributed by atoms with Crippen molar-refractivity contribution in [1.82, 2.24) is 29.9 Å². The summed E-state index contributed by atoms with van der Waals surface area (Å²) < 4.78 is 7.92. The molecule has 8 nitrogen and oxygen atoms in total. The quantitative estimate of drug-likeness (QED) is 0.453. The lowest BCUT2D eigenvalue weighted by Gasteiger charge is -2.34. The van der Waals surface area contributed by atoms with Crippen molar-refractivity contribution in [3.05, 3.63) is 30.6 Å². The maximum atomic E-state index is 6.14. The summed E-state index contributed by atoms with van der Waals surface area (Å²) in [7, 11) is 8.27. The maximum Gasteiger partial charge on any atom is 0.224 e. The molecule has 1 saturated carbocycles. The van der Waals surface area contributed by atoms with Gasteiger partial charge in [-0.1, -0.05) is 11.3 Å². The fourth-order valence-corrected chi connectivity index (χ4v) is 4.42. The van der Waals surface area contributed by atoms with E-state index in [2.05, 4.69) is 61.3 Å². The summed E-state index contributed by atoms with van der Waals surface area (Å²) in [5.74, 6) is 0.673. The smallest absolute Gasteiger partial charge is 0.224 e. The zero-order chi connectivity index (χ0) is 21.6. The third-order valence-electron chi connectivity index (χ3n) is 5.88. The molecule has 31 heavy (non-hydrogen) atoms. The number of aromatic nitrogens is 6. The second-order valence-electron chi connectivity index (χ2n) is 9.42. The first-order valence-electron chi connectivity index (χ1n) is 10.9. The maximum absolute atomic E-state index is 6.14. The second kappa shape index (κ2) is 7.71. The monoisotopic (exact) mass is 413 g/mol. The molecule has 1 fully saturated rings. The van der Waals surface area contributed by atoms with E-state index < -0.39 is 0 Å². The van der Waals surface area contributed by atoms with Crippen LogP contribution in [0, 0.1) is 0 Å². The topological polar surface area (TPSA) is 93.5 Å². The van der Waals surface area contributed by atoms with Gasteiger partial charge in [-0.25, -0.2) is 9.67 Å². The van der Waals surface area contributed by atoms with E-state index in [1.54, 1.807) is 4.68 Å². The molecule has 2 N–H and O–H groups in total. The number of ether oxygens (including phenoxy) is 1. The van der Waals surface area contributed by atoms with Gasteiger partial charge in [0, 0.05) is 36.4 Å². The number of hydrogen-bond donors (Lipinski definition) is 2. The van der Waals surface area contributed by atoms with Crippen molar-refractivity contribution in [3.8, 4) is 11.1 Å². The molecule has 11 heteroatoms. The lowest BCUT2D eigenvalue weighted by Crippen LogP contribution is -2.41. The number of rotatable bonds is 5. The Labute approximate surface area is 183 Å². The van der Waals surface area contributed by atoms with Crippen LogP contribution in [0.25, 0.3) is 33.2 Å². The number of benzene rings is 1. The Morgan fingerprint density at radius 2 is 2.00 bits per heavy atom. The fourth-order valence-electron chi connectivity index (χ4n) is 4.42.